The minimum absolute atomic E-state index is 0.0423. The monoisotopic (exact) mass is 407 g/mol. The van der Waals surface area contributed by atoms with Gasteiger partial charge in [0.15, 0.2) is 11.6 Å². The van der Waals surface area contributed by atoms with Gasteiger partial charge in [0.1, 0.15) is 5.52 Å². The fraction of sp³-hybridized carbons (Fsp3) is 0.318. The van der Waals surface area contributed by atoms with E-state index in [1.165, 1.54) is 7.11 Å². The van der Waals surface area contributed by atoms with E-state index in [9.17, 15) is 9.18 Å². The van der Waals surface area contributed by atoms with E-state index in [0.717, 1.165) is 31.3 Å². The molecule has 0 spiro atoms. The van der Waals surface area contributed by atoms with E-state index >= 15 is 0 Å². The van der Waals surface area contributed by atoms with Gasteiger partial charge in [0.05, 0.1) is 18.2 Å². The van der Waals surface area contributed by atoms with Crippen molar-refractivity contribution in [3.63, 3.8) is 0 Å². The molecule has 1 saturated heterocycles. The Morgan fingerprint density at radius 2 is 2.03 bits per heavy atom. The molecule has 0 radical (unpaired) electrons. The number of hydrogen-bond donors (Lipinski definition) is 1. The van der Waals surface area contributed by atoms with Gasteiger partial charge < -0.3 is 14.6 Å². The van der Waals surface area contributed by atoms with Crippen LogP contribution in [0.5, 0.6) is 5.75 Å². The first-order valence-corrected chi connectivity index (χ1v) is 9.98. The van der Waals surface area contributed by atoms with Crippen LogP contribution >= 0.6 is 0 Å². The Bertz CT molecular complexity index is 1320. The molecule has 154 valence electrons. The number of ether oxygens (including phenoxy) is 1. The van der Waals surface area contributed by atoms with Crippen molar-refractivity contribution in [3.8, 4) is 17.0 Å². The lowest BCUT2D eigenvalue weighted by molar-refractivity contribution is 0.362. The Morgan fingerprint density at radius 3 is 2.80 bits per heavy atom. The summed E-state index contributed by atoms with van der Waals surface area (Å²) in [6.45, 7) is 1.82. The Balaban J connectivity index is 1.64. The molecular formula is C22H22FN5O2. The molecule has 30 heavy (non-hydrogen) atoms. The maximum atomic E-state index is 15.0. The first-order chi connectivity index (χ1) is 14.6. The minimum atomic E-state index is -0.520. The predicted molar refractivity (Wildman–Crippen MR) is 113 cm³/mol. The lowest BCUT2D eigenvalue weighted by Gasteiger charge is -2.25. The van der Waals surface area contributed by atoms with Crippen LogP contribution in [-0.4, -0.2) is 39.5 Å². The highest BCUT2D eigenvalue weighted by atomic mass is 19.1. The van der Waals surface area contributed by atoms with Crippen LogP contribution in [0.2, 0.25) is 0 Å². The third-order valence-corrected chi connectivity index (χ3v) is 5.81. The third-order valence-electron chi connectivity index (χ3n) is 5.81. The Kier molecular flexibility index (Phi) is 4.51. The topological polar surface area (TPSA) is 74.0 Å². The summed E-state index contributed by atoms with van der Waals surface area (Å²) in [5.74, 6) is -0.426. The summed E-state index contributed by atoms with van der Waals surface area (Å²) >= 11 is 0. The Morgan fingerprint density at radius 1 is 1.23 bits per heavy atom. The fourth-order valence-electron chi connectivity index (χ4n) is 4.29. The minimum Gasteiger partial charge on any atom is -0.493 e. The molecule has 4 aromatic rings. The number of aromatic nitrogens is 4. The van der Waals surface area contributed by atoms with Crippen LogP contribution in [0.15, 0.2) is 41.6 Å². The highest BCUT2D eigenvalue weighted by molar-refractivity contribution is 5.91. The second-order valence-corrected chi connectivity index (χ2v) is 7.68. The Hall–Kier alpha value is -3.26. The summed E-state index contributed by atoms with van der Waals surface area (Å²) < 4.78 is 23.7. The molecule has 1 fully saturated rings. The fourth-order valence-corrected chi connectivity index (χ4v) is 4.29. The summed E-state index contributed by atoms with van der Waals surface area (Å²) in [4.78, 5) is 17.5. The van der Waals surface area contributed by atoms with Gasteiger partial charge in [0.2, 0.25) is 0 Å². The number of piperidine rings is 1. The van der Waals surface area contributed by atoms with Gasteiger partial charge in [0, 0.05) is 42.6 Å². The van der Waals surface area contributed by atoms with Crippen molar-refractivity contribution in [1.29, 1.82) is 0 Å². The van der Waals surface area contributed by atoms with Crippen molar-refractivity contribution in [2.75, 3.05) is 20.2 Å². The van der Waals surface area contributed by atoms with Gasteiger partial charge in [-0.2, -0.15) is 5.10 Å². The highest BCUT2D eigenvalue weighted by Gasteiger charge is 2.20. The number of rotatable bonds is 3. The molecule has 1 aliphatic rings. The summed E-state index contributed by atoms with van der Waals surface area (Å²) in [6.07, 6.45) is 7.04. The van der Waals surface area contributed by atoms with Crippen molar-refractivity contribution >= 4 is 21.7 Å². The van der Waals surface area contributed by atoms with Gasteiger partial charge in [-0.25, -0.2) is 4.39 Å². The molecule has 8 heteroatoms. The first-order valence-electron chi connectivity index (χ1n) is 9.98. The maximum Gasteiger partial charge on any atom is 0.260 e. The van der Waals surface area contributed by atoms with Crippen molar-refractivity contribution in [1.82, 2.24) is 24.6 Å². The van der Waals surface area contributed by atoms with Crippen molar-refractivity contribution in [2.24, 2.45) is 7.05 Å². The summed E-state index contributed by atoms with van der Waals surface area (Å²) in [5, 5.41) is 9.47. The SMILES string of the molecule is COc1c(-c2cc3ccn(C4CCNCC4)c(=O)c3cn2)cc2cn(C)nc2c1F. The van der Waals surface area contributed by atoms with Crippen LogP contribution in [0.1, 0.15) is 18.9 Å². The zero-order chi connectivity index (χ0) is 20.8. The molecular weight excluding hydrogens is 385 g/mol. The lowest BCUT2D eigenvalue weighted by atomic mass is 10.0. The first kappa shape index (κ1) is 18.7. The van der Waals surface area contributed by atoms with Crippen LogP contribution in [0.3, 0.4) is 0 Å². The number of benzene rings is 1. The normalized spacial score (nSPS) is 15.2. The summed E-state index contributed by atoms with van der Waals surface area (Å²) in [7, 11) is 3.17. The highest BCUT2D eigenvalue weighted by Crippen LogP contribution is 2.36. The second-order valence-electron chi connectivity index (χ2n) is 7.68. The smallest absolute Gasteiger partial charge is 0.260 e. The number of pyridine rings is 2. The van der Waals surface area contributed by atoms with Gasteiger partial charge in [-0.3, -0.25) is 14.5 Å². The zero-order valence-corrected chi connectivity index (χ0v) is 16.9. The van der Waals surface area contributed by atoms with Crippen LogP contribution in [0.4, 0.5) is 4.39 Å². The molecule has 0 atom stereocenters. The van der Waals surface area contributed by atoms with Gasteiger partial charge in [-0.15, -0.1) is 0 Å². The third kappa shape index (κ3) is 2.95. The Labute approximate surface area is 172 Å². The molecule has 1 aromatic carbocycles. The van der Waals surface area contributed by atoms with E-state index in [-0.39, 0.29) is 22.9 Å². The van der Waals surface area contributed by atoms with Gasteiger partial charge >= 0.3 is 0 Å². The van der Waals surface area contributed by atoms with Crippen LogP contribution < -0.4 is 15.6 Å². The number of nitrogens with one attached hydrogen (secondary N) is 1. The van der Waals surface area contributed by atoms with E-state index in [4.69, 9.17) is 4.74 Å². The standard InChI is InChI=1S/C22H22FN5O2/c1-27-12-14-9-16(21(30-2)19(23)20(14)26-27)18-10-13-5-8-28(15-3-6-24-7-4-15)22(29)17(13)11-25-18/h5,8-12,15,24H,3-4,6-7H2,1-2H3. The van der Waals surface area contributed by atoms with Gasteiger partial charge in [0.25, 0.3) is 5.56 Å². The molecule has 1 N–H and O–H groups in total. The van der Waals surface area contributed by atoms with Crippen molar-refractivity contribution in [3.05, 3.63) is 53.0 Å². The maximum absolute atomic E-state index is 15.0. The molecule has 5 rings (SSSR count). The van der Waals surface area contributed by atoms with Crippen LogP contribution in [-0.2, 0) is 7.05 Å². The van der Waals surface area contributed by atoms with E-state index in [0.29, 0.717) is 22.0 Å². The van der Waals surface area contributed by atoms with E-state index < -0.39 is 5.82 Å². The van der Waals surface area contributed by atoms with Gasteiger partial charge in [-0.1, -0.05) is 0 Å². The molecule has 1 aliphatic heterocycles. The second kappa shape index (κ2) is 7.21. The zero-order valence-electron chi connectivity index (χ0n) is 16.9. The van der Waals surface area contributed by atoms with E-state index in [2.05, 4.69) is 15.4 Å². The number of methoxy groups -OCH3 is 1. The van der Waals surface area contributed by atoms with E-state index in [1.807, 2.05) is 29.0 Å². The molecule has 0 bridgehead atoms. The summed E-state index contributed by atoms with van der Waals surface area (Å²) in [6, 6.07) is 5.75. The quantitative estimate of drug-likeness (QED) is 0.565. The number of aryl methyl sites for hydroxylation is 1. The number of nitrogens with zero attached hydrogens (tertiary/aromatic N) is 4. The molecule has 3 aromatic heterocycles. The van der Waals surface area contributed by atoms with Crippen LogP contribution in [0, 0.1) is 5.82 Å². The molecule has 0 saturated carbocycles. The molecule has 7 nitrogen and oxygen atoms in total. The van der Waals surface area contributed by atoms with Gasteiger partial charge in [-0.05, 0) is 49.5 Å². The number of halogens is 1. The lowest BCUT2D eigenvalue weighted by Crippen LogP contribution is -2.34. The molecule has 4 heterocycles. The van der Waals surface area contributed by atoms with Crippen molar-refractivity contribution < 1.29 is 9.13 Å². The van der Waals surface area contributed by atoms with Crippen LogP contribution in [0.25, 0.3) is 32.9 Å². The predicted octanol–water partition coefficient (Wildman–Crippen LogP) is 3.02. The average Bonchev–Trinajstić information content (AvgIpc) is 3.15. The van der Waals surface area contributed by atoms with E-state index in [1.54, 1.807) is 24.1 Å². The van der Waals surface area contributed by atoms with Crippen molar-refractivity contribution in [2.45, 2.75) is 18.9 Å². The summed E-state index contributed by atoms with van der Waals surface area (Å²) in [5.41, 5.74) is 1.28. The number of fused-ring (bicyclic) bond motifs is 2. The molecule has 0 amide bonds. The largest absolute Gasteiger partial charge is 0.493 e. The molecule has 0 unspecified atom stereocenters. The molecule has 0 aliphatic carbocycles. The number of hydrogen-bond acceptors (Lipinski definition) is 5. The average molecular weight is 407 g/mol.